The van der Waals surface area contributed by atoms with Gasteiger partial charge in [0.25, 0.3) is 0 Å². The van der Waals surface area contributed by atoms with Gasteiger partial charge in [0.15, 0.2) is 0 Å². The lowest BCUT2D eigenvalue weighted by Crippen LogP contribution is -1.82. The van der Waals surface area contributed by atoms with Crippen LogP contribution in [0.25, 0.3) is 0 Å². The normalized spacial score (nSPS) is 22.2. The van der Waals surface area contributed by atoms with Crippen LogP contribution in [0.3, 0.4) is 0 Å². The Morgan fingerprint density at radius 1 is 1.25 bits per heavy atom. The molecule has 0 atom stereocenters. The average Bonchev–Trinajstić information content (AvgIpc) is 2.50. The second kappa shape index (κ2) is 3.81. The van der Waals surface area contributed by atoms with E-state index in [0.717, 1.165) is 0 Å². The molecule has 1 aliphatic heterocycles. The van der Waals surface area contributed by atoms with E-state index in [-0.39, 0.29) is 0 Å². The SMILES string of the molecule is C=CS1(/C=C\C(C)C)C=CC=C1. The van der Waals surface area contributed by atoms with Crippen LogP contribution in [0.1, 0.15) is 13.8 Å². The molecule has 0 aromatic heterocycles. The predicted octanol–water partition coefficient (Wildman–Crippen LogP) is 4.15. The summed E-state index contributed by atoms with van der Waals surface area (Å²) in [5, 5.41) is 8.80. The van der Waals surface area contributed by atoms with E-state index in [2.05, 4.69) is 54.9 Å². The van der Waals surface area contributed by atoms with Crippen molar-refractivity contribution in [2.45, 2.75) is 13.8 Å². The van der Waals surface area contributed by atoms with Gasteiger partial charge in [0.05, 0.1) is 0 Å². The molecule has 0 saturated carbocycles. The van der Waals surface area contributed by atoms with Crippen LogP contribution in [-0.2, 0) is 0 Å². The molecule has 0 aromatic rings. The van der Waals surface area contributed by atoms with Crippen LogP contribution in [0.2, 0.25) is 0 Å². The highest BCUT2D eigenvalue weighted by Gasteiger charge is 2.11. The first-order valence-electron chi connectivity index (χ1n) is 4.17. The average molecular weight is 180 g/mol. The van der Waals surface area contributed by atoms with Gasteiger partial charge in [-0.2, -0.15) is 10.0 Å². The lowest BCUT2D eigenvalue weighted by molar-refractivity contribution is 0.833. The lowest BCUT2D eigenvalue weighted by Gasteiger charge is -2.22. The van der Waals surface area contributed by atoms with Crippen molar-refractivity contribution >= 4 is 10.0 Å². The largest absolute Gasteiger partial charge is 0.161 e. The number of hydrogen-bond acceptors (Lipinski definition) is 0. The van der Waals surface area contributed by atoms with E-state index in [9.17, 15) is 0 Å². The van der Waals surface area contributed by atoms with Crippen molar-refractivity contribution in [2.24, 2.45) is 5.92 Å². The Hall–Kier alpha value is -0.690. The number of hydrogen-bond donors (Lipinski definition) is 0. The van der Waals surface area contributed by atoms with Gasteiger partial charge in [-0.15, -0.1) is 0 Å². The lowest BCUT2D eigenvalue weighted by atomic mass is 10.2. The minimum Gasteiger partial charge on any atom is -0.161 e. The zero-order chi connectivity index (χ0) is 9.03. The van der Waals surface area contributed by atoms with Crippen LogP contribution in [0.15, 0.2) is 46.4 Å². The van der Waals surface area contributed by atoms with E-state index in [1.165, 1.54) is 0 Å². The van der Waals surface area contributed by atoms with E-state index in [1.807, 2.05) is 5.41 Å². The molecule has 0 amide bonds. The molecule has 0 radical (unpaired) electrons. The molecule has 12 heavy (non-hydrogen) atoms. The van der Waals surface area contributed by atoms with E-state index in [1.54, 1.807) is 0 Å². The highest BCUT2D eigenvalue weighted by Crippen LogP contribution is 2.56. The first kappa shape index (κ1) is 9.40. The van der Waals surface area contributed by atoms with Crippen molar-refractivity contribution in [1.29, 1.82) is 0 Å². The molecule has 1 heterocycles. The molecule has 0 bridgehead atoms. The summed E-state index contributed by atoms with van der Waals surface area (Å²) in [6.07, 6.45) is 6.44. The molecular formula is C11H16S. The van der Waals surface area contributed by atoms with E-state index >= 15 is 0 Å². The second-order valence-corrected chi connectivity index (χ2v) is 6.00. The monoisotopic (exact) mass is 180 g/mol. The van der Waals surface area contributed by atoms with Gasteiger partial charge in [0, 0.05) is 0 Å². The third kappa shape index (κ3) is 2.15. The van der Waals surface area contributed by atoms with Gasteiger partial charge >= 0.3 is 0 Å². The Morgan fingerprint density at radius 2 is 1.83 bits per heavy atom. The first-order chi connectivity index (χ1) is 5.68. The van der Waals surface area contributed by atoms with Crippen molar-refractivity contribution in [3.63, 3.8) is 0 Å². The maximum absolute atomic E-state index is 3.88. The summed E-state index contributed by atoms with van der Waals surface area (Å²) in [5.74, 6) is 0.622. The van der Waals surface area contributed by atoms with Crippen molar-refractivity contribution in [3.05, 3.63) is 46.4 Å². The molecule has 0 nitrogen and oxygen atoms in total. The molecule has 66 valence electrons. The minimum absolute atomic E-state index is 0.622. The molecule has 1 rings (SSSR count). The summed E-state index contributed by atoms with van der Waals surface area (Å²) in [7, 11) is -0.872. The summed E-state index contributed by atoms with van der Waals surface area (Å²) in [6.45, 7) is 8.26. The van der Waals surface area contributed by atoms with Gasteiger partial charge in [0.1, 0.15) is 0 Å². The minimum atomic E-state index is -0.872. The molecular weight excluding hydrogens is 164 g/mol. The zero-order valence-corrected chi connectivity index (χ0v) is 8.55. The molecule has 0 aliphatic carbocycles. The summed E-state index contributed by atoms with van der Waals surface area (Å²) in [6, 6.07) is 0. The van der Waals surface area contributed by atoms with E-state index in [0.29, 0.717) is 5.92 Å². The smallest absolute Gasteiger partial charge is 0.0282 e. The van der Waals surface area contributed by atoms with Crippen LogP contribution in [0, 0.1) is 5.92 Å². The fraction of sp³-hybridized carbons (Fsp3) is 0.273. The number of rotatable bonds is 3. The summed E-state index contributed by atoms with van der Waals surface area (Å²) < 4.78 is 0. The van der Waals surface area contributed by atoms with Crippen molar-refractivity contribution in [2.75, 3.05) is 0 Å². The van der Waals surface area contributed by atoms with Gasteiger partial charge < -0.3 is 0 Å². The van der Waals surface area contributed by atoms with Gasteiger partial charge in [-0.05, 0) is 27.6 Å². The Labute approximate surface area is 76.7 Å². The summed E-state index contributed by atoms with van der Waals surface area (Å²) in [4.78, 5) is 0. The molecule has 0 saturated heterocycles. The van der Waals surface area contributed by atoms with E-state index < -0.39 is 10.0 Å². The van der Waals surface area contributed by atoms with Crippen LogP contribution < -0.4 is 0 Å². The predicted molar refractivity (Wildman–Crippen MR) is 60.0 cm³/mol. The van der Waals surface area contributed by atoms with Crippen LogP contribution in [0.4, 0.5) is 0 Å². The highest BCUT2D eigenvalue weighted by molar-refractivity contribution is 8.43. The number of allylic oxidation sites excluding steroid dienone is 3. The molecule has 0 spiro atoms. The fourth-order valence-electron chi connectivity index (χ4n) is 0.959. The second-order valence-electron chi connectivity index (χ2n) is 3.21. The molecule has 0 unspecified atom stereocenters. The Morgan fingerprint density at radius 3 is 2.25 bits per heavy atom. The van der Waals surface area contributed by atoms with Gasteiger partial charge in [-0.25, -0.2) is 0 Å². The molecule has 0 N–H and O–H groups in total. The quantitative estimate of drug-likeness (QED) is 0.612. The Bertz CT molecular complexity index is 232. The van der Waals surface area contributed by atoms with Crippen LogP contribution >= 0.6 is 10.0 Å². The molecule has 1 aliphatic rings. The highest BCUT2D eigenvalue weighted by atomic mass is 32.3. The Kier molecular flexibility index (Phi) is 2.99. The Balaban J connectivity index is 2.76. The molecule has 1 heteroatoms. The van der Waals surface area contributed by atoms with Gasteiger partial charge in [0.2, 0.25) is 0 Å². The zero-order valence-electron chi connectivity index (χ0n) is 7.73. The van der Waals surface area contributed by atoms with Crippen molar-refractivity contribution in [3.8, 4) is 0 Å². The van der Waals surface area contributed by atoms with Crippen molar-refractivity contribution in [1.82, 2.24) is 0 Å². The van der Waals surface area contributed by atoms with Crippen LogP contribution in [0.5, 0.6) is 0 Å². The van der Waals surface area contributed by atoms with Gasteiger partial charge in [-0.3, -0.25) is 0 Å². The van der Waals surface area contributed by atoms with Crippen molar-refractivity contribution < 1.29 is 0 Å². The molecule has 0 fully saturated rings. The maximum Gasteiger partial charge on any atom is -0.0282 e. The third-order valence-corrected chi connectivity index (χ3v) is 4.19. The van der Waals surface area contributed by atoms with E-state index in [4.69, 9.17) is 0 Å². The fourth-order valence-corrected chi connectivity index (χ4v) is 2.88. The standard InChI is InChI=1S/C11H16S/c1-4-12(8-5-6-9-12)10-7-11(2)3/h4-11H,1H2,2-3H3/b10-7-. The molecule has 0 aromatic carbocycles. The summed E-state index contributed by atoms with van der Waals surface area (Å²) >= 11 is 0. The van der Waals surface area contributed by atoms with Crippen LogP contribution in [-0.4, -0.2) is 0 Å². The topological polar surface area (TPSA) is 0 Å². The summed E-state index contributed by atoms with van der Waals surface area (Å²) in [5.41, 5.74) is 0. The maximum atomic E-state index is 3.88. The third-order valence-electron chi connectivity index (χ3n) is 1.73. The van der Waals surface area contributed by atoms with Gasteiger partial charge in [-0.1, -0.05) is 38.7 Å². The first-order valence-corrected chi connectivity index (χ1v) is 6.06.